The van der Waals surface area contributed by atoms with E-state index in [4.69, 9.17) is 0 Å². The van der Waals surface area contributed by atoms with Crippen molar-refractivity contribution in [3.63, 3.8) is 0 Å². The minimum absolute atomic E-state index is 0.551. The highest BCUT2D eigenvalue weighted by molar-refractivity contribution is 5.71. The summed E-state index contributed by atoms with van der Waals surface area (Å²) in [4.78, 5) is 0. The summed E-state index contributed by atoms with van der Waals surface area (Å²) in [5, 5.41) is 6.97. The van der Waals surface area contributed by atoms with E-state index in [1.54, 1.807) is 0 Å². The zero-order valence-electron chi connectivity index (χ0n) is 19.4. The third kappa shape index (κ3) is 5.39. The van der Waals surface area contributed by atoms with Gasteiger partial charge in [-0.25, -0.2) is 0 Å². The summed E-state index contributed by atoms with van der Waals surface area (Å²) in [5.74, 6) is 1.10. The summed E-state index contributed by atoms with van der Waals surface area (Å²) < 4.78 is 0. The smallest absolute Gasteiger partial charge is 0.0384 e. The van der Waals surface area contributed by atoms with Gasteiger partial charge in [0, 0.05) is 22.7 Å². The first-order chi connectivity index (χ1) is 15.5. The Kier molecular flexibility index (Phi) is 6.61. The Hall–Kier alpha value is -3.52. The molecule has 2 N–H and O–H groups in total. The second kappa shape index (κ2) is 9.74. The lowest BCUT2D eigenvalue weighted by Gasteiger charge is -2.11. The molecule has 0 aliphatic rings. The molecule has 0 fully saturated rings. The molecular weight excluding hydrogens is 388 g/mol. The zero-order valence-corrected chi connectivity index (χ0v) is 19.4. The molecule has 0 aromatic heterocycles. The lowest BCUT2D eigenvalue weighted by molar-refractivity contribution is 0.867. The lowest BCUT2D eigenvalue weighted by atomic mass is 10.0. The van der Waals surface area contributed by atoms with E-state index in [0.717, 1.165) is 22.7 Å². The van der Waals surface area contributed by atoms with E-state index in [2.05, 4.69) is 135 Å². The summed E-state index contributed by atoms with van der Waals surface area (Å²) in [6, 6.07) is 34.5. The predicted octanol–water partition coefficient (Wildman–Crippen LogP) is 9.09. The van der Waals surface area contributed by atoms with Crippen molar-refractivity contribution in [1.29, 1.82) is 0 Å². The average Bonchev–Trinajstić information content (AvgIpc) is 2.81. The Morgan fingerprint density at radius 3 is 0.875 bits per heavy atom. The van der Waals surface area contributed by atoms with Crippen molar-refractivity contribution >= 4 is 22.7 Å². The Bertz CT molecular complexity index is 1030. The molecule has 0 saturated carbocycles. The topological polar surface area (TPSA) is 24.1 Å². The molecule has 4 rings (SSSR count). The maximum atomic E-state index is 3.49. The minimum Gasteiger partial charge on any atom is -0.356 e. The molecule has 2 heteroatoms. The molecule has 32 heavy (non-hydrogen) atoms. The molecule has 0 heterocycles. The molecule has 0 radical (unpaired) electrons. The van der Waals surface area contributed by atoms with Crippen molar-refractivity contribution in [1.82, 2.24) is 0 Å². The van der Waals surface area contributed by atoms with Crippen LogP contribution in [0.3, 0.4) is 0 Å². The van der Waals surface area contributed by atoms with Gasteiger partial charge >= 0.3 is 0 Å². The molecule has 0 unspecified atom stereocenters. The number of hydrogen-bond acceptors (Lipinski definition) is 2. The maximum Gasteiger partial charge on any atom is 0.0384 e. The monoisotopic (exact) mass is 420 g/mol. The van der Waals surface area contributed by atoms with E-state index in [9.17, 15) is 0 Å². The van der Waals surface area contributed by atoms with Gasteiger partial charge in [-0.15, -0.1) is 0 Å². The third-order valence-corrected chi connectivity index (χ3v) is 5.84. The molecule has 0 aliphatic heterocycles. The van der Waals surface area contributed by atoms with Crippen LogP contribution >= 0.6 is 0 Å². The van der Waals surface area contributed by atoms with Gasteiger partial charge in [-0.1, -0.05) is 76.2 Å². The Morgan fingerprint density at radius 2 is 0.625 bits per heavy atom. The second-order valence-corrected chi connectivity index (χ2v) is 8.96. The van der Waals surface area contributed by atoms with Crippen LogP contribution in [-0.2, 0) is 0 Å². The van der Waals surface area contributed by atoms with Gasteiger partial charge < -0.3 is 10.6 Å². The number of rotatable bonds is 7. The highest BCUT2D eigenvalue weighted by atomic mass is 14.9. The number of benzene rings is 4. The summed E-state index contributed by atoms with van der Waals surface area (Å²) in [7, 11) is 0. The van der Waals surface area contributed by atoms with E-state index >= 15 is 0 Å². The van der Waals surface area contributed by atoms with Gasteiger partial charge in [-0.2, -0.15) is 0 Å². The van der Waals surface area contributed by atoms with E-state index in [1.807, 2.05) is 0 Å². The number of hydrogen-bond donors (Lipinski definition) is 2. The summed E-state index contributed by atoms with van der Waals surface area (Å²) in [5.41, 5.74) is 9.53. The molecule has 0 bridgehead atoms. The molecular formula is C30H32N2. The molecule has 4 aromatic carbocycles. The van der Waals surface area contributed by atoms with Crippen LogP contribution in [0.15, 0.2) is 97.1 Å². The van der Waals surface area contributed by atoms with Crippen LogP contribution in [0.5, 0.6) is 0 Å². The van der Waals surface area contributed by atoms with Crippen LogP contribution < -0.4 is 10.6 Å². The fraction of sp³-hybridized carbons (Fsp3) is 0.200. The zero-order chi connectivity index (χ0) is 22.5. The van der Waals surface area contributed by atoms with Gasteiger partial charge in [0.05, 0.1) is 0 Å². The van der Waals surface area contributed by atoms with Crippen molar-refractivity contribution in [2.24, 2.45) is 0 Å². The number of nitrogens with one attached hydrogen (secondary N) is 2. The summed E-state index contributed by atoms with van der Waals surface area (Å²) in [6.45, 7) is 8.86. The van der Waals surface area contributed by atoms with Crippen molar-refractivity contribution in [3.05, 3.63) is 108 Å². The average molecular weight is 421 g/mol. The highest BCUT2D eigenvalue weighted by Crippen LogP contribution is 2.27. The van der Waals surface area contributed by atoms with E-state index in [0.29, 0.717) is 11.8 Å². The molecule has 162 valence electrons. The van der Waals surface area contributed by atoms with Crippen LogP contribution in [0.2, 0.25) is 0 Å². The SMILES string of the molecule is CC(C)c1ccc(Nc2ccc(-c3ccc(Nc4ccc(C(C)C)cc4)cc3)cc2)cc1. The summed E-state index contributed by atoms with van der Waals surface area (Å²) >= 11 is 0. The standard InChI is InChI=1S/C30H32N2/c1-21(2)23-5-13-27(14-6-23)31-29-17-9-25(10-18-29)26-11-19-30(20-12-26)32-28-15-7-24(8-16-28)22(3)4/h5-22,31-32H,1-4H3. The largest absolute Gasteiger partial charge is 0.356 e. The van der Waals surface area contributed by atoms with Crippen LogP contribution in [-0.4, -0.2) is 0 Å². The molecule has 0 saturated heterocycles. The fourth-order valence-corrected chi connectivity index (χ4v) is 3.73. The first kappa shape index (κ1) is 21.7. The Morgan fingerprint density at radius 1 is 0.375 bits per heavy atom. The lowest BCUT2D eigenvalue weighted by Crippen LogP contribution is -1.93. The third-order valence-electron chi connectivity index (χ3n) is 5.84. The minimum atomic E-state index is 0.551. The van der Waals surface area contributed by atoms with E-state index < -0.39 is 0 Å². The normalized spacial score (nSPS) is 11.1. The van der Waals surface area contributed by atoms with Crippen LogP contribution in [0.25, 0.3) is 11.1 Å². The Labute approximate surface area is 192 Å². The predicted molar refractivity (Wildman–Crippen MR) is 140 cm³/mol. The summed E-state index contributed by atoms with van der Waals surface area (Å²) in [6.07, 6.45) is 0. The molecule has 0 aliphatic carbocycles. The molecule has 0 spiro atoms. The molecule has 4 aromatic rings. The van der Waals surface area contributed by atoms with Gasteiger partial charge in [0.25, 0.3) is 0 Å². The highest BCUT2D eigenvalue weighted by Gasteiger charge is 2.03. The van der Waals surface area contributed by atoms with Gasteiger partial charge in [0.1, 0.15) is 0 Å². The van der Waals surface area contributed by atoms with E-state index in [-0.39, 0.29) is 0 Å². The van der Waals surface area contributed by atoms with Gasteiger partial charge in [0.15, 0.2) is 0 Å². The fourth-order valence-electron chi connectivity index (χ4n) is 3.73. The second-order valence-electron chi connectivity index (χ2n) is 8.96. The molecule has 0 amide bonds. The van der Waals surface area contributed by atoms with Crippen molar-refractivity contribution in [2.45, 2.75) is 39.5 Å². The maximum absolute atomic E-state index is 3.49. The van der Waals surface area contributed by atoms with E-state index in [1.165, 1.54) is 22.3 Å². The first-order valence-electron chi connectivity index (χ1n) is 11.4. The van der Waals surface area contributed by atoms with Crippen LogP contribution in [0, 0.1) is 0 Å². The quantitative estimate of drug-likeness (QED) is 0.311. The van der Waals surface area contributed by atoms with Crippen molar-refractivity contribution < 1.29 is 0 Å². The molecule has 0 atom stereocenters. The van der Waals surface area contributed by atoms with Crippen molar-refractivity contribution in [2.75, 3.05) is 10.6 Å². The van der Waals surface area contributed by atoms with Crippen LogP contribution in [0.4, 0.5) is 22.7 Å². The first-order valence-corrected chi connectivity index (χ1v) is 11.4. The van der Waals surface area contributed by atoms with Crippen LogP contribution in [0.1, 0.15) is 50.7 Å². The van der Waals surface area contributed by atoms with Gasteiger partial charge in [-0.3, -0.25) is 0 Å². The van der Waals surface area contributed by atoms with Gasteiger partial charge in [0.2, 0.25) is 0 Å². The Balaban J connectivity index is 1.39. The molecule has 2 nitrogen and oxygen atoms in total. The van der Waals surface area contributed by atoms with Gasteiger partial charge in [-0.05, 0) is 82.6 Å². The van der Waals surface area contributed by atoms with Crippen molar-refractivity contribution in [3.8, 4) is 11.1 Å². The number of anilines is 4.